The Morgan fingerprint density at radius 3 is 2.21 bits per heavy atom. The molecule has 0 bridgehead atoms. The Labute approximate surface area is 117 Å². The number of nitrogens with one attached hydrogen (secondary N) is 2. The molecular formula is C13H27N3O2S. The van der Waals surface area contributed by atoms with Crippen LogP contribution in [0.5, 0.6) is 0 Å². The van der Waals surface area contributed by atoms with Gasteiger partial charge in [-0.15, -0.1) is 0 Å². The van der Waals surface area contributed by atoms with Gasteiger partial charge < -0.3 is 5.32 Å². The van der Waals surface area contributed by atoms with Crippen LogP contribution in [0.1, 0.15) is 51.9 Å². The number of hydrogen-bond acceptors (Lipinski definition) is 3. The molecule has 0 spiro atoms. The largest absolute Gasteiger partial charge is 0.314 e. The fourth-order valence-electron chi connectivity index (χ4n) is 2.98. The number of hydrogen-bond donors (Lipinski definition) is 2. The third-order valence-electron chi connectivity index (χ3n) is 4.13. The molecule has 1 heterocycles. The molecule has 2 rings (SSSR count). The standard InChI is InChI=1S/C13H27N3O2S/c1-2-9-14-12-5-7-13(8-6-12)15-19(17,18)16-10-3-4-11-16/h12-15H,2-11H2,1H3. The van der Waals surface area contributed by atoms with Gasteiger partial charge in [-0.3, -0.25) is 0 Å². The van der Waals surface area contributed by atoms with E-state index in [9.17, 15) is 8.42 Å². The van der Waals surface area contributed by atoms with Crippen molar-refractivity contribution in [2.45, 2.75) is 64.0 Å². The Hall–Kier alpha value is -0.170. The first-order valence-corrected chi connectivity index (χ1v) is 9.06. The van der Waals surface area contributed by atoms with E-state index in [1.807, 2.05) is 0 Å². The lowest BCUT2D eigenvalue weighted by Crippen LogP contribution is -2.47. The van der Waals surface area contributed by atoms with Crippen LogP contribution in [0.3, 0.4) is 0 Å². The fourth-order valence-corrected chi connectivity index (χ4v) is 4.52. The van der Waals surface area contributed by atoms with Crippen LogP contribution in [0.2, 0.25) is 0 Å². The van der Waals surface area contributed by atoms with Crippen molar-refractivity contribution in [3.8, 4) is 0 Å². The highest BCUT2D eigenvalue weighted by Crippen LogP contribution is 2.20. The quantitative estimate of drug-likeness (QED) is 0.773. The Balaban J connectivity index is 1.75. The first-order chi connectivity index (χ1) is 9.12. The minimum atomic E-state index is -3.23. The van der Waals surface area contributed by atoms with E-state index in [2.05, 4.69) is 17.0 Å². The van der Waals surface area contributed by atoms with Gasteiger partial charge in [0.15, 0.2) is 0 Å². The molecule has 1 saturated carbocycles. The zero-order valence-electron chi connectivity index (χ0n) is 11.9. The molecule has 1 saturated heterocycles. The molecule has 0 unspecified atom stereocenters. The summed E-state index contributed by atoms with van der Waals surface area (Å²) < 4.78 is 28.8. The fraction of sp³-hybridized carbons (Fsp3) is 1.00. The van der Waals surface area contributed by atoms with Crippen molar-refractivity contribution < 1.29 is 8.42 Å². The van der Waals surface area contributed by atoms with E-state index in [1.165, 1.54) is 0 Å². The van der Waals surface area contributed by atoms with Crippen LogP contribution in [-0.4, -0.2) is 44.4 Å². The van der Waals surface area contributed by atoms with E-state index in [0.29, 0.717) is 19.1 Å². The summed E-state index contributed by atoms with van der Waals surface area (Å²) >= 11 is 0. The van der Waals surface area contributed by atoms with Crippen molar-refractivity contribution in [3.63, 3.8) is 0 Å². The molecule has 1 aliphatic carbocycles. The predicted octanol–water partition coefficient (Wildman–Crippen LogP) is 1.23. The molecule has 0 radical (unpaired) electrons. The van der Waals surface area contributed by atoms with Gasteiger partial charge in [0.1, 0.15) is 0 Å². The molecule has 6 heteroatoms. The molecule has 0 aromatic rings. The van der Waals surface area contributed by atoms with Crippen LogP contribution >= 0.6 is 0 Å². The van der Waals surface area contributed by atoms with Gasteiger partial charge in [0, 0.05) is 25.2 Å². The summed E-state index contributed by atoms with van der Waals surface area (Å²) in [6.07, 6.45) is 7.20. The molecule has 2 fully saturated rings. The Bertz CT molecular complexity index is 358. The lowest BCUT2D eigenvalue weighted by Gasteiger charge is -2.30. The molecule has 19 heavy (non-hydrogen) atoms. The van der Waals surface area contributed by atoms with Gasteiger partial charge in [-0.05, 0) is 51.5 Å². The van der Waals surface area contributed by atoms with E-state index in [4.69, 9.17) is 0 Å². The Kier molecular flexibility index (Phi) is 5.62. The highest BCUT2D eigenvalue weighted by Gasteiger charge is 2.29. The molecule has 0 aromatic heterocycles. The third kappa shape index (κ3) is 4.41. The highest BCUT2D eigenvalue weighted by molar-refractivity contribution is 7.87. The van der Waals surface area contributed by atoms with Crippen molar-refractivity contribution in [2.24, 2.45) is 0 Å². The van der Waals surface area contributed by atoms with Crippen LogP contribution in [0.4, 0.5) is 0 Å². The molecule has 1 aliphatic heterocycles. The van der Waals surface area contributed by atoms with E-state index < -0.39 is 10.2 Å². The van der Waals surface area contributed by atoms with Crippen LogP contribution in [0, 0.1) is 0 Å². The van der Waals surface area contributed by atoms with Gasteiger partial charge in [0.2, 0.25) is 0 Å². The van der Waals surface area contributed by atoms with E-state index in [1.54, 1.807) is 4.31 Å². The summed E-state index contributed by atoms with van der Waals surface area (Å²) in [7, 11) is -3.23. The van der Waals surface area contributed by atoms with Gasteiger partial charge in [0.25, 0.3) is 10.2 Å². The van der Waals surface area contributed by atoms with E-state index in [0.717, 1.165) is 51.5 Å². The zero-order chi connectivity index (χ0) is 13.7. The monoisotopic (exact) mass is 289 g/mol. The van der Waals surface area contributed by atoms with Gasteiger partial charge >= 0.3 is 0 Å². The molecule has 112 valence electrons. The number of rotatable bonds is 6. The minimum absolute atomic E-state index is 0.130. The van der Waals surface area contributed by atoms with Crippen molar-refractivity contribution in [1.82, 2.24) is 14.3 Å². The topological polar surface area (TPSA) is 61.4 Å². The summed E-state index contributed by atoms with van der Waals surface area (Å²) in [6.45, 7) is 4.60. The lowest BCUT2D eigenvalue weighted by molar-refractivity contribution is 0.325. The van der Waals surface area contributed by atoms with Crippen LogP contribution in [0.25, 0.3) is 0 Å². The summed E-state index contributed by atoms with van der Waals surface area (Å²) in [5.41, 5.74) is 0. The van der Waals surface area contributed by atoms with E-state index in [-0.39, 0.29) is 6.04 Å². The smallest absolute Gasteiger partial charge is 0.279 e. The second-order valence-corrected chi connectivity index (χ2v) is 7.43. The second-order valence-electron chi connectivity index (χ2n) is 5.73. The average molecular weight is 289 g/mol. The summed E-state index contributed by atoms with van der Waals surface area (Å²) in [5.74, 6) is 0. The molecule has 0 atom stereocenters. The van der Waals surface area contributed by atoms with Gasteiger partial charge in [-0.2, -0.15) is 17.4 Å². The molecule has 2 N–H and O–H groups in total. The van der Waals surface area contributed by atoms with Gasteiger partial charge in [-0.25, -0.2) is 0 Å². The van der Waals surface area contributed by atoms with E-state index >= 15 is 0 Å². The summed E-state index contributed by atoms with van der Waals surface area (Å²) in [4.78, 5) is 0. The van der Waals surface area contributed by atoms with Crippen molar-refractivity contribution in [3.05, 3.63) is 0 Å². The lowest BCUT2D eigenvalue weighted by atomic mass is 9.92. The summed E-state index contributed by atoms with van der Waals surface area (Å²) in [6, 6.07) is 0.706. The first kappa shape index (κ1) is 15.2. The molecule has 0 amide bonds. The van der Waals surface area contributed by atoms with Gasteiger partial charge in [0.05, 0.1) is 0 Å². The van der Waals surface area contributed by atoms with Crippen molar-refractivity contribution >= 4 is 10.2 Å². The van der Waals surface area contributed by atoms with Crippen molar-refractivity contribution in [1.29, 1.82) is 0 Å². The van der Waals surface area contributed by atoms with Crippen LogP contribution < -0.4 is 10.0 Å². The van der Waals surface area contributed by atoms with Gasteiger partial charge in [-0.1, -0.05) is 6.92 Å². The molecular weight excluding hydrogens is 262 g/mol. The Morgan fingerprint density at radius 1 is 1.05 bits per heavy atom. The number of nitrogens with zero attached hydrogens (tertiary/aromatic N) is 1. The maximum Gasteiger partial charge on any atom is 0.279 e. The SMILES string of the molecule is CCCNC1CCC(NS(=O)(=O)N2CCCC2)CC1. The Morgan fingerprint density at radius 2 is 1.63 bits per heavy atom. The highest BCUT2D eigenvalue weighted by atomic mass is 32.2. The molecule has 5 nitrogen and oxygen atoms in total. The first-order valence-electron chi connectivity index (χ1n) is 7.62. The third-order valence-corrected chi connectivity index (χ3v) is 5.81. The maximum absolute atomic E-state index is 12.2. The minimum Gasteiger partial charge on any atom is -0.314 e. The van der Waals surface area contributed by atoms with Crippen molar-refractivity contribution in [2.75, 3.05) is 19.6 Å². The maximum atomic E-state index is 12.2. The average Bonchev–Trinajstić information content (AvgIpc) is 2.92. The van der Waals surface area contributed by atoms with Crippen LogP contribution in [0.15, 0.2) is 0 Å². The molecule has 2 aliphatic rings. The van der Waals surface area contributed by atoms with Crippen LogP contribution in [-0.2, 0) is 10.2 Å². The molecule has 0 aromatic carbocycles. The summed E-state index contributed by atoms with van der Waals surface area (Å²) in [5, 5.41) is 3.52. The normalized spacial score (nSPS) is 29.7. The zero-order valence-corrected chi connectivity index (χ0v) is 12.7. The predicted molar refractivity (Wildman–Crippen MR) is 77.2 cm³/mol. The second kappa shape index (κ2) is 7.02.